The van der Waals surface area contributed by atoms with Crippen LogP contribution in [0.25, 0.3) is 0 Å². The van der Waals surface area contributed by atoms with Crippen molar-refractivity contribution in [3.8, 4) is 0 Å². The number of ether oxygens (including phenoxy) is 4. The molecule has 20 heavy (non-hydrogen) atoms. The highest BCUT2D eigenvalue weighted by Crippen LogP contribution is 2.15. The van der Waals surface area contributed by atoms with E-state index in [4.69, 9.17) is 18.9 Å². The summed E-state index contributed by atoms with van der Waals surface area (Å²) in [7, 11) is 0. The molecule has 1 aliphatic rings. The minimum Gasteiger partial charge on any atom is -0.463 e. The van der Waals surface area contributed by atoms with E-state index in [-0.39, 0.29) is 26.1 Å². The Labute approximate surface area is 115 Å². The monoisotopic (exact) mass is 288 g/mol. The first-order valence-electron chi connectivity index (χ1n) is 6.21. The van der Waals surface area contributed by atoms with E-state index >= 15 is 0 Å². The molecule has 2 atom stereocenters. The maximum Gasteiger partial charge on any atom is 0.352 e. The topological polar surface area (TPSA) is 105 Å². The van der Waals surface area contributed by atoms with E-state index in [1.54, 1.807) is 13.8 Å². The van der Waals surface area contributed by atoms with Crippen molar-refractivity contribution in [1.82, 2.24) is 0 Å². The van der Waals surface area contributed by atoms with Crippen LogP contribution in [0.5, 0.6) is 0 Å². The van der Waals surface area contributed by atoms with Crippen molar-refractivity contribution >= 4 is 23.9 Å². The van der Waals surface area contributed by atoms with Gasteiger partial charge in [-0.1, -0.05) is 0 Å². The smallest absolute Gasteiger partial charge is 0.352 e. The van der Waals surface area contributed by atoms with Gasteiger partial charge in [0.1, 0.15) is 0 Å². The van der Waals surface area contributed by atoms with Crippen LogP contribution in [0.15, 0.2) is 0 Å². The molecule has 1 rings (SSSR count). The Morgan fingerprint density at radius 1 is 0.950 bits per heavy atom. The Morgan fingerprint density at radius 2 is 1.30 bits per heavy atom. The average Bonchev–Trinajstić information content (AvgIpc) is 2.39. The number of carbonyl (C=O) groups excluding carboxylic acids is 4. The molecule has 1 heterocycles. The van der Waals surface area contributed by atoms with Gasteiger partial charge in [0.15, 0.2) is 0 Å². The van der Waals surface area contributed by atoms with Crippen molar-refractivity contribution in [2.45, 2.75) is 38.9 Å². The molecular formula is C12H16O8. The standard InChI is InChI=1S/C12H16O8/c1-3-17-11(15)9-10(12(16)18-4-2)20-8(14)6-5-7(13)19-9/h9-10H,3-6H2,1-2H3. The van der Waals surface area contributed by atoms with Gasteiger partial charge in [0.2, 0.25) is 12.2 Å². The van der Waals surface area contributed by atoms with E-state index in [1.807, 2.05) is 0 Å². The molecule has 0 N–H and O–H groups in total. The van der Waals surface area contributed by atoms with Crippen LogP contribution in [-0.2, 0) is 38.1 Å². The third-order valence-electron chi connectivity index (χ3n) is 2.36. The number of esters is 4. The summed E-state index contributed by atoms with van der Waals surface area (Å²) in [5, 5.41) is 0. The fourth-order valence-corrected chi connectivity index (χ4v) is 1.52. The first kappa shape index (κ1) is 15.9. The lowest BCUT2D eigenvalue weighted by atomic mass is 10.1. The molecule has 8 nitrogen and oxygen atoms in total. The number of hydrogen-bond donors (Lipinski definition) is 0. The van der Waals surface area contributed by atoms with Crippen molar-refractivity contribution < 1.29 is 38.1 Å². The molecule has 0 radical (unpaired) electrons. The molecule has 0 aromatic rings. The normalized spacial score (nSPS) is 22.9. The summed E-state index contributed by atoms with van der Waals surface area (Å²) in [6, 6.07) is 0. The van der Waals surface area contributed by atoms with E-state index in [0.29, 0.717) is 0 Å². The second-order valence-electron chi connectivity index (χ2n) is 3.83. The van der Waals surface area contributed by atoms with Gasteiger partial charge in [-0.2, -0.15) is 0 Å². The van der Waals surface area contributed by atoms with Crippen molar-refractivity contribution in [2.75, 3.05) is 13.2 Å². The van der Waals surface area contributed by atoms with Crippen molar-refractivity contribution in [3.05, 3.63) is 0 Å². The van der Waals surface area contributed by atoms with Crippen molar-refractivity contribution in [1.29, 1.82) is 0 Å². The second-order valence-corrected chi connectivity index (χ2v) is 3.83. The van der Waals surface area contributed by atoms with Gasteiger partial charge >= 0.3 is 23.9 Å². The summed E-state index contributed by atoms with van der Waals surface area (Å²) < 4.78 is 19.1. The molecule has 1 saturated heterocycles. The van der Waals surface area contributed by atoms with Crippen LogP contribution >= 0.6 is 0 Å². The lowest BCUT2D eigenvalue weighted by Crippen LogP contribution is -2.48. The van der Waals surface area contributed by atoms with Crippen LogP contribution in [0.1, 0.15) is 26.7 Å². The molecular weight excluding hydrogens is 272 g/mol. The predicted octanol–water partition coefficient (Wildman–Crippen LogP) is -0.270. The molecule has 0 spiro atoms. The first-order chi connectivity index (χ1) is 9.49. The van der Waals surface area contributed by atoms with Crippen LogP contribution in [0.4, 0.5) is 0 Å². The average molecular weight is 288 g/mol. The van der Waals surface area contributed by atoms with Crippen molar-refractivity contribution in [3.63, 3.8) is 0 Å². The van der Waals surface area contributed by atoms with Gasteiger partial charge in [-0.05, 0) is 13.8 Å². The molecule has 1 aliphatic heterocycles. The van der Waals surface area contributed by atoms with Gasteiger partial charge in [0, 0.05) is 0 Å². The van der Waals surface area contributed by atoms with Crippen LogP contribution in [0.3, 0.4) is 0 Å². The summed E-state index contributed by atoms with van der Waals surface area (Å²) in [4.78, 5) is 46.3. The van der Waals surface area contributed by atoms with Gasteiger partial charge in [-0.3, -0.25) is 9.59 Å². The minimum absolute atomic E-state index is 0.0242. The third-order valence-corrected chi connectivity index (χ3v) is 2.36. The number of carbonyl (C=O) groups is 4. The van der Waals surface area contributed by atoms with Gasteiger partial charge in [-0.15, -0.1) is 0 Å². The molecule has 1 fully saturated rings. The maximum atomic E-state index is 11.7. The Hall–Kier alpha value is -2.12. The van der Waals surface area contributed by atoms with Gasteiger partial charge in [0.25, 0.3) is 0 Å². The molecule has 112 valence electrons. The number of rotatable bonds is 4. The van der Waals surface area contributed by atoms with Crippen LogP contribution in [0.2, 0.25) is 0 Å². The minimum atomic E-state index is -1.65. The fraction of sp³-hybridized carbons (Fsp3) is 0.667. The Balaban J connectivity index is 2.98. The maximum absolute atomic E-state index is 11.7. The lowest BCUT2D eigenvalue weighted by Gasteiger charge is -2.25. The van der Waals surface area contributed by atoms with Gasteiger partial charge in [0.05, 0.1) is 26.1 Å². The second kappa shape index (κ2) is 7.46. The molecule has 0 aromatic carbocycles. The number of hydrogen-bond acceptors (Lipinski definition) is 8. The van der Waals surface area contributed by atoms with Gasteiger partial charge in [-0.25, -0.2) is 9.59 Å². The number of cyclic esters (lactones) is 2. The van der Waals surface area contributed by atoms with Crippen LogP contribution in [-0.4, -0.2) is 49.3 Å². The summed E-state index contributed by atoms with van der Waals surface area (Å²) in [5.74, 6) is -3.50. The summed E-state index contributed by atoms with van der Waals surface area (Å²) in [6.07, 6.45) is -3.76. The highest BCUT2D eigenvalue weighted by atomic mass is 16.6. The van der Waals surface area contributed by atoms with E-state index in [0.717, 1.165) is 0 Å². The molecule has 0 bridgehead atoms. The molecule has 0 amide bonds. The van der Waals surface area contributed by atoms with Crippen LogP contribution in [0, 0.1) is 0 Å². The van der Waals surface area contributed by atoms with E-state index < -0.39 is 36.1 Å². The molecule has 2 unspecified atom stereocenters. The molecule has 0 aromatic heterocycles. The Kier molecular flexibility index (Phi) is 5.95. The largest absolute Gasteiger partial charge is 0.463 e. The Bertz CT molecular complexity index is 364. The quantitative estimate of drug-likeness (QED) is 0.514. The first-order valence-corrected chi connectivity index (χ1v) is 6.21. The van der Waals surface area contributed by atoms with Gasteiger partial charge < -0.3 is 18.9 Å². The lowest BCUT2D eigenvalue weighted by molar-refractivity contribution is -0.195. The molecule has 0 saturated carbocycles. The zero-order valence-electron chi connectivity index (χ0n) is 11.2. The van der Waals surface area contributed by atoms with Crippen LogP contribution < -0.4 is 0 Å². The SMILES string of the molecule is CCOC(=O)C1OC(=O)CCC(=O)OC1C(=O)OCC. The molecule has 8 heteroatoms. The Morgan fingerprint density at radius 3 is 1.60 bits per heavy atom. The highest BCUT2D eigenvalue weighted by molar-refractivity contribution is 5.91. The summed E-state index contributed by atoms with van der Waals surface area (Å²) in [5.41, 5.74) is 0. The summed E-state index contributed by atoms with van der Waals surface area (Å²) in [6.45, 7) is 3.15. The third kappa shape index (κ3) is 4.22. The zero-order valence-corrected chi connectivity index (χ0v) is 11.2. The van der Waals surface area contributed by atoms with E-state index in [9.17, 15) is 19.2 Å². The molecule has 0 aliphatic carbocycles. The predicted molar refractivity (Wildman–Crippen MR) is 62.3 cm³/mol. The van der Waals surface area contributed by atoms with Crippen molar-refractivity contribution in [2.24, 2.45) is 0 Å². The highest BCUT2D eigenvalue weighted by Gasteiger charge is 2.43. The van der Waals surface area contributed by atoms with E-state index in [1.165, 1.54) is 0 Å². The van der Waals surface area contributed by atoms with E-state index in [2.05, 4.69) is 0 Å². The zero-order chi connectivity index (χ0) is 15.1. The fourth-order valence-electron chi connectivity index (χ4n) is 1.52. The summed E-state index contributed by atoms with van der Waals surface area (Å²) >= 11 is 0.